The standard InChI is InChI=1S/C17H24BNO5/c1-16(2)17(3,4)24-18(23-16)12-6-11(15(20)21)7-13(8-12)19(5)14-9-22-10-14/h6-8,14H,9-10H2,1-5H3,(H,20,21). The first-order chi connectivity index (χ1) is 11.1. The minimum atomic E-state index is -0.965. The quantitative estimate of drug-likeness (QED) is 0.843. The summed E-state index contributed by atoms with van der Waals surface area (Å²) in [5.74, 6) is -0.965. The normalized spacial score (nSPS) is 22.3. The van der Waals surface area contributed by atoms with Crippen molar-refractivity contribution >= 4 is 24.2 Å². The van der Waals surface area contributed by atoms with Gasteiger partial charge in [0.05, 0.1) is 36.0 Å². The zero-order chi connectivity index (χ0) is 17.7. The molecule has 0 unspecified atom stereocenters. The predicted octanol–water partition coefficient (Wildman–Crippen LogP) is 1.52. The van der Waals surface area contributed by atoms with Gasteiger partial charge in [0.1, 0.15) is 0 Å². The van der Waals surface area contributed by atoms with Gasteiger partial charge in [-0.2, -0.15) is 0 Å². The molecule has 0 saturated carbocycles. The first-order valence-electron chi connectivity index (χ1n) is 8.15. The van der Waals surface area contributed by atoms with Crippen LogP contribution < -0.4 is 10.4 Å². The third kappa shape index (κ3) is 2.92. The molecular weight excluding hydrogens is 309 g/mol. The largest absolute Gasteiger partial charge is 0.494 e. The molecule has 2 saturated heterocycles. The predicted molar refractivity (Wildman–Crippen MR) is 92.1 cm³/mol. The molecule has 2 aliphatic heterocycles. The number of carboxylic acid groups (broad SMARTS) is 1. The van der Waals surface area contributed by atoms with Crippen LogP contribution in [0, 0.1) is 0 Å². The van der Waals surface area contributed by atoms with Gasteiger partial charge in [0, 0.05) is 12.7 Å². The molecule has 3 rings (SSSR count). The number of likely N-dealkylation sites (N-methyl/N-ethyl adjacent to an activating group) is 1. The van der Waals surface area contributed by atoms with E-state index in [1.54, 1.807) is 12.1 Å². The minimum absolute atomic E-state index is 0.226. The van der Waals surface area contributed by atoms with Gasteiger partial charge in [-0.1, -0.05) is 0 Å². The summed E-state index contributed by atoms with van der Waals surface area (Å²) in [6, 6.07) is 5.50. The van der Waals surface area contributed by atoms with E-state index in [9.17, 15) is 9.90 Å². The molecular formula is C17H24BNO5. The number of aromatic carboxylic acids is 1. The van der Waals surface area contributed by atoms with Crippen molar-refractivity contribution in [1.29, 1.82) is 0 Å². The summed E-state index contributed by atoms with van der Waals surface area (Å²) in [4.78, 5) is 13.6. The summed E-state index contributed by atoms with van der Waals surface area (Å²) in [5, 5.41) is 9.45. The number of hydrogen-bond acceptors (Lipinski definition) is 5. The molecule has 2 aliphatic rings. The number of hydrogen-bond donors (Lipinski definition) is 1. The fourth-order valence-corrected chi connectivity index (χ4v) is 2.73. The zero-order valence-corrected chi connectivity index (χ0v) is 14.8. The molecule has 7 heteroatoms. The van der Waals surface area contributed by atoms with E-state index in [4.69, 9.17) is 14.0 Å². The lowest BCUT2D eigenvalue weighted by Crippen LogP contribution is -2.47. The second kappa shape index (κ2) is 5.76. The molecule has 130 valence electrons. The zero-order valence-electron chi connectivity index (χ0n) is 14.8. The summed E-state index contributed by atoms with van der Waals surface area (Å²) < 4.78 is 17.4. The van der Waals surface area contributed by atoms with Crippen molar-refractivity contribution in [2.24, 2.45) is 0 Å². The molecule has 0 aliphatic carbocycles. The highest BCUT2D eigenvalue weighted by atomic mass is 16.7. The first kappa shape index (κ1) is 17.3. The van der Waals surface area contributed by atoms with Gasteiger partial charge in [-0.15, -0.1) is 0 Å². The van der Waals surface area contributed by atoms with E-state index in [-0.39, 0.29) is 11.6 Å². The van der Waals surface area contributed by atoms with Crippen LogP contribution in [0.15, 0.2) is 18.2 Å². The maximum Gasteiger partial charge on any atom is 0.494 e. The van der Waals surface area contributed by atoms with Crippen LogP contribution in [0.3, 0.4) is 0 Å². The molecule has 0 aromatic heterocycles. The Balaban J connectivity index is 1.95. The summed E-state index contributed by atoms with van der Waals surface area (Å²) in [7, 11) is 1.36. The van der Waals surface area contributed by atoms with Crippen LogP contribution in [0.1, 0.15) is 38.1 Å². The van der Waals surface area contributed by atoms with E-state index >= 15 is 0 Å². The average Bonchev–Trinajstić information content (AvgIpc) is 2.65. The SMILES string of the molecule is CN(c1cc(B2OC(C)(C)C(C)(C)O2)cc(C(=O)O)c1)C1COC1. The van der Waals surface area contributed by atoms with Crippen molar-refractivity contribution in [2.75, 3.05) is 25.2 Å². The Kier molecular flexibility index (Phi) is 4.14. The molecule has 0 amide bonds. The van der Waals surface area contributed by atoms with Gasteiger partial charge < -0.3 is 24.1 Å². The number of benzene rings is 1. The highest BCUT2D eigenvalue weighted by Crippen LogP contribution is 2.36. The fourth-order valence-electron chi connectivity index (χ4n) is 2.73. The third-order valence-corrected chi connectivity index (χ3v) is 5.29. The molecule has 6 nitrogen and oxygen atoms in total. The van der Waals surface area contributed by atoms with Gasteiger partial charge >= 0.3 is 13.1 Å². The number of anilines is 1. The summed E-state index contributed by atoms with van der Waals surface area (Å²) >= 11 is 0. The Morgan fingerprint density at radius 3 is 2.21 bits per heavy atom. The Labute approximate surface area is 142 Å². The van der Waals surface area contributed by atoms with Crippen LogP contribution in [0.2, 0.25) is 0 Å². The molecule has 1 N–H and O–H groups in total. The van der Waals surface area contributed by atoms with E-state index in [0.717, 1.165) is 11.2 Å². The number of carboxylic acids is 1. The Morgan fingerprint density at radius 2 is 1.75 bits per heavy atom. The van der Waals surface area contributed by atoms with E-state index in [0.29, 0.717) is 13.2 Å². The van der Waals surface area contributed by atoms with Crippen LogP contribution in [0.5, 0.6) is 0 Å². The lowest BCUT2D eigenvalue weighted by atomic mass is 9.78. The van der Waals surface area contributed by atoms with Crippen molar-refractivity contribution in [3.63, 3.8) is 0 Å². The van der Waals surface area contributed by atoms with E-state index < -0.39 is 24.3 Å². The van der Waals surface area contributed by atoms with Gasteiger partial charge in [0.15, 0.2) is 0 Å². The van der Waals surface area contributed by atoms with Crippen molar-refractivity contribution in [1.82, 2.24) is 0 Å². The van der Waals surface area contributed by atoms with Gasteiger partial charge in [0.2, 0.25) is 0 Å². The van der Waals surface area contributed by atoms with Gasteiger partial charge in [-0.05, 0) is 51.4 Å². The lowest BCUT2D eigenvalue weighted by Gasteiger charge is -2.36. The lowest BCUT2D eigenvalue weighted by molar-refractivity contribution is 0.00578. The molecule has 24 heavy (non-hydrogen) atoms. The van der Waals surface area contributed by atoms with Crippen molar-refractivity contribution in [3.8, 4) is 0 Å². The van der Waals surface area contributed by atoms with Gasteiger partial charge in [-0.3, -0.25) is 0 Å². The van der Waals surface area contributed by atoms with Crippen LogP contribution in [-0.2, 0) is 14.0 Å². The van der Waals surface area contributed by atoms with Crippen molar-refractivity contribution < 1.29 is 23.9 Å². The minimum Gasteiger partial charge on any atom is -0.478 e. The molecule has 2 heterocycles. The van der Waals surface area contributed by atoms with Crippen LogP contribution in [0.25, 0.3) is 0 Å². The topological polar surface area (TPSA) is 68.2 Å². The fraction of sp³-hybridized carbons (Fsp3) is 0.588. The monoisotopic (exact) mass is 333 g/mol. The summed E-state index contributed by atoms with van der Waals surface area (Å²) in [6.45, 7) is 9.22. The molecule has 2 fully saturated rings. The third-order valence-electron chi connectivity index (χ3n) is 5.29. The second-order valence-corrected chi connectivity index (χ2v) is 7.51. The molecule has 0 atom stereocenters. The smallest absolute Gasteiger partial charge is 0.478 e. The van der Waals surface area contributed by atoms with Crippen LogP contribution >= 0.6 is 0 Å². The molecule has 0 radical (unpaired) electrons. The van der Waals surface area contributed by atoms with Crippen LogP contribution in [0.4, 0.5) is 5.69 Å². The van der Waals surface area contributed by atoms with E-state index in [2.05, 4.69) is 0 Å². The Hall–Kier alpha value is -1.57. The molecule has 1 aromatic carbocycles. The highest BCUT2D eigenvalue weighted by Gasteiger charge is 2.51. The highest BCUT2D eigenvalue weighted by molar-refractivity contribution is 6.62. The van der Waals surface area contributed by atoms with E-state index in [1.807, 2.05) is 45.7 Å². The van der Waals surface area contributed by atoms with Gasteiger partial charge in [0.25, 0.3) is 0 Å². The number of rotatable bonds is 4. The first-order valence-corrected chi connectivity index (χ1v) is 8.15. The molecule has 1 aromatic rings. The Bertz CT molecular complexity index is 640. The van der Waals surface area contributed by atoms with Gasteiger partial charge in [-0.25, -0.2) is 4.79 Å². The van der Waals surface area contributed by atoms with Crippen molar-refractivity contribution in [2.45, 2.75) is 44.9 Å². The van der Waals surface area contributed by atoms with Crippen LogP contribution in [-0.4, -0.2) is 55.7 Å². The maximum absolute atomic E-state index is 11.5. The average molecular weight is 333 g/mol. The Morgan fingerprint density at radius 1 is 1.17 bits per heavy atom. The number of ether oxygens (including phenoxy) is 1. The molecule has 0 spiro atoms. The second-order valence-electron chi connectivity index (χ2n) is 7.51. The molecule has 0 bridgehead atoms. The number of carbonyl (C=O) groups is 1. The number of nitrogens with zero attached hydrogens (tertiary/aromatic N) is 1. The summed E-state index contributed by atoms with van der Waals surface area (Å²) in [6.07, 6.45) is 0. The van der Waals surface area contributed by atoms with E-state index in [1.165, 1.54) is 0 Å². The maximum atomic E-state index is 11.5. The summed E-state index contributed by atoms with van der Waals surface area (Å²) in [5.41, 5.74) is 0.836. The van der Waals surface area contributed by atoms with Crippen molar-refractivity contribution in [3.05, 3.63) is 23.8 Å².